The number of aliphatic imine (C=N–C) groups is 1. The number of nitrogens with zero attached hydrogens (tertiary/aromatic N) is 1. The monoisotopic (exact) mass is 415 g/mol. The lowest BCUT2D eigenvalue weighted by molar-refractivity contribution is 0.0597. The van der Waals surface area contributed by atoms with Crippen LogP contribution < -0.4 is 24.8 Å². The Morgan fingerprint density at radius 2 is 1.53 bits per heavy atom. The van der Waals surface area contributed by atoms with Crippen LogP contribution in [0.2, 0.25) is 0 Å². The smallest absolute Gasteiger partial charge is 0.341 e. The largest absolute Gasteiger partial charge is 0.496 e. The second kappa shape index (κ2) is 11.5. The summed E-state index contributed by atoms with van der Waals surface area (Å²) in [6.45, 7) is 1.18. The number of benzene rings is 2. The van der Waals surface area contributed by atoms with E-state index in [0.29, 0.717) is 41.9 Å². The number of hydrogen-bond donors (Lipinski definition) is 2. The van der Waals surface area contributed by atoms with E-state index in [4.69, 9.17) is 18.9 Å². The molecule has 0 aliphatic rings. The van der Waals surface area contributed by atoms with Gasteiger partial charge in [0, 0.05) is 20.1 Å². The number of guanidine groups is 1. The third-order valence-corrected chi connectivity index (χ3v) is 4.51. The van der Waals surface area contributed by atoms with E-state index in [1.807, 2.05) is 24.3 Å². The lowest BCUT2D eigenvalue weighted by Gasteiger charge is -2.14. The fraction of sp³-hybridized carbons (Fsp3) is 0.364. The molecule has 0 atom stereocenters. The molecule has 8 heteroatoms. The van der Waals surface area contributed by atoms with Crippen LogP contribution in [0.25, 0.3) is 0 Å². The summed E-state index contributed by atoms with van der Waals surface area (Å²) in [6.07, 6.45) is 0.788. The molecule has 0 spiro atoms. The predicted octanol–water partition coefficient (Wildman–Crippen LogP) is 2.41. The number of carbonyl (C=O) groups excluding carboxylic acids is 1. The standard InChI is InChI=1S/C22H29N3O5/c1-23-22(24-11-10-15-6-9-19(28-3)20(13-15)29-4)25-14-16-7-8-18(27-2)17(12-16)21(26)30-5/h6-9,12-13H,10-11,14H2,1-5H3,(H2,23,24,25). The number of rotatable bonds is 9. The second-order valence-electron chi connectivity index (χ2n) is 6.32. The summed E-state index contributed by atoms with van der Waals surface area (Å²) in [5.41, 5.74) is 2.41. The first-order valence-corrected chi connectivity index (χ1v) is 9.46. The summed E-state index contributed by atoms with van der Waals surface area (Å²) in [6, 6.07) is 11.2. The zero-order valence-electron chi connectivity index (χ0n) is 18.1. The second-order valence-corrected chi connectivity index (χ2v) is 6.32. The van der Waals surface area contributed by atoms with E-state index in [9.17, 15) is 4.79 Å². The van der Waals surface area contributed by atoms with Gasteiger partial charge in [0.25, 0.3) is 0 Å². The molecule has 0 radical (unpaired) electrons. The molecule has 0 amide bonds. The molecular weight excluding hydrogens is 386 g/mol. The van der Waals surface area contributed by atoms with Gasteiger partial charge in [0.15, 0.2) is 17.5 Å². The zero-order chi connectivity index (χ0) is 21.9. The van der Waals surface area contributed by atoms with Gasteiger partial charge in [0.2, 0.25) is 0 Å². The summed E-state index contributed by atoms with van der Waals surface area (Å²) >= 11 is 0. The van der Waals surface area contributed by atoms with Crippen LogP contribution in [0.5, 0.6) is 17.2 Å². The summed E-state index contributed by atoms with van der Waals surface area (Å²) in [4.78, 5) is 16.2. The number of carbonyl (C=O) groups is 1. The molecular formula is C22H29N3O5. The Morgan fingerprint density at radius 1 is 0.867 bits per heavy atom. The highest BCUT2D eigenvalue weighted by Gasteiger charge is 2.13. The van der Waals surface area contributed by atoms with Crippen LogP contribution in [-0.2, 0) is 17.7 Å². The number of methoxy groups -OCH3 is 4. The average Bonchev–Trinajstić information content (AvgIpc) is 2.80. The number of ether oxygens (including phenoxy) is 4. The molecule has 8 nitrogen and oxygen atoms in total. The van der Waals surface area contributed by atoms with Crippen molar-refractivity contribution in [2.75, 3.05) is 42.0 Å². The van der Waals surface area contributed by atoms with Crippen molar-refractivity contribution >= 4 is 11.9 Å². The van der Waals surface area contributed by atoms with Gasteiger partial charge < -0.3 is 29.6 Å². The van der Waals surface area contributed by atoms with Crippen molar-refractivity contribution in [3.05, 3.63) is 53.1 Å². The fourth-order valence-corrected chi connectivity index (χ4v) is 2.90. The average molecular weight is 415 g/mol. The maximum atomic E-state index is 11.9. The molecule has 0 unspecified atom stereocenters. The predicted molar refractivity (Wildman–Crippen MR) is 116 cm³/mol. The van der Waals surface area contributed by atoms with Crippen LogP contribution in [0, 0.1) is 0 Å². The topological polar surface area (TPSA) is 90.4 Å². The van der Waals surface area contributed by atoms with Crippen LogP contribution in [0.1, 0.15) is 21.5 Å². The number of nitrogens with one attached hydrogen (secondary N) is 2. The van der Waals surface area contributed by atoms with Gasteiger partial charge in [0.1, 0.15) is 11.3 Å². The Bertz CT molecular complexity index is 883. The Labute approximate surface area is 177 Å². The van der Waals surface area contributed by atoms with Crippen molar-refractivity contribution in [2.45, 2.75) is 13.0 Å². The first-order valence-electron chi connectivity index (χ1n) is 9.46. The van der Waals surface area contributed by atoms with Crippen LogP contribution in [0.4, 0.5) is 0 Å². The third kappa shape index (κ3) is 6.04. The Kier molecular flexibility index (Phi) is 8.80. The van der Waals surface area contributed by atoms with Gasteiger partial charge in [0.05, 0.1) is 28.4 Å². The minimum Gasteiger partial charge on any atom is -0.496 e. The molecule has 0 saturated heterocycles. The minimum atomic E-state index is -0.439. The third-order valence-electron chi connectivity index (χ3n) is 4.51. The van der Waals surface area contributed by atoms with Crippen molar-refractivity contribution in [2.24, 2.45) is 4.99 Å². The van der Waals surface area contributed by atoms with Crippen molar-refractivity contribution in [3.8, 4) is 17.2 Å². The van der Waals surface area contributed by atoms with Gasteiger partial charge >= 0.3 is 5.97 Å². The lowest BCUT2D eigenvalue weighted by Crippen LogP contribution is -2.37. The highest BCUT2D eigenvalue weighted by molar-refractivity contribution is 5.92. The van der Waals surface area contributed by atoms with E-state index in [1.54, 1.807) is 33.4 Å². The number of esters is 1. The first-order chi connectivity index (χ1) is 14.6. The van der Waals surface area contributed by atoms with Crippen molar-refractivity contribution in [1.82, 2.24) is 10.6 Å². The molecule has 2 rings (SSSR count). The molecule has 0 saturated carbocycles. The fourth-order valence-electron chi connectivity index (χ4n) is 2.90. The highest BCUT2D eigenvalue weighted by atomic mass is 16.5. The van der Waals surface area contributed by atoms with Crippen LogP contribution in [0.3, 0.4) is 0 Å². The molecule has 2 aromatic rings. The SMILES string of the molecule is CN=C(NCCc1ccc(OC)c(OC)c1)NCc1ccc(OC)c(C(=O)OC)c1. The van der Waals surface area contributed by atoms with Gasteiger partial charge in [-0.05, 0) is 41.8 Å². The first kappa shape index (κ1) is 22.9. The molecule has 2 aromatic carbocycles. The van der Waals surface area contributed by atoms with E-state index < -0.39 is 5.97 Å². The van der Waals surface area contributed by atoms with Gasteiger partial charge in [-0.15, -0.1) is 0 Å². The highest BCUT2D eigenvalue weighted by Crippen LogP contribution is 2.27. The van der Waals surface area contributed by atoms with E-state index >= 15 is 0 Å². The van der Waals surface area contributed by atoms with Crippen LogP contribution >= 0.6 is 0 Å². The van der Waals surface area contributed by atoms with Gasteiger partial charge in [-0.25, -0.2) is 4.79 Å². The van der Waals surface area contributed by atoms with E-state index in [1.165, 1.54) is 14.2 Å². The number of hydrogen-bond acceptors (Lipinski definition) is 6. The van der Waals surface area contributed by atoms with Gasteiger partial charge in [-0.3, -0.25) is 4.99 Å². The molecule has 0 aromatic heterocycles. The molecule has 30 heavy (non-hydrogen) atoms. The molecule has 0 aliphatic heterocycles. The Balaban J connectivity index is 1.92. The lowest BCUT2D eigenvalue weighted by atomic mass is 10.1. The van der Waals surface area contributed by atoms with E-state index in [-0.39, 0.29) is 0 Å². The maximum absolute atomic E-state index is 11.9. The molecule has 0 bridgehead atoms. The van der Waals surface area contributed by atoms with Gasteiger partial charge in [-0.1, -0.05) is 12.1 Å². The Morgan fingerprint density at radius 3 is 2.17 bits per heavy atom. The quantitative estimate of drug-likeness (QED) is 0.369. The maximum Gasteiger partial charge on any atom is 0.341 e. The summed E-state index contributed by atoms with van der Waals surface area (Å²) in [7, 11) is 7.81. The summed E-state index contributed by atoms with van der Waals surface area (Å²) in [5, 5.41) is 6.51. The van der Waals surface area contributed by atoms with Crippen molar-refractivity contribution in [3.63, 3.8) is 0 Å². The summed E-state index contributed by atoms with van der Waals surface area (Å²) in [5.74, 6) is 2.11. The van der Waals surface area contributed by atoms with Crippen molar-refractivity contribution < 1.29 is 23.7 Å². The van der Waals surface area contributed by atoms with Crippen LogP contribution in [0.15, 0.2) is 41.4 Å². The van der Waals surface area contributed by atoms with Gasteiger partial charge in [-0.2, -0.15) is 0 Å². The molecule has 0 aliphatic carbocycles. The summed E-state index contributed by atoms with van der Waals surface area (Å²) < 4.78 is 20.6. The minimum absolute atomic E-state index is 0.385. The van der Waals surface area contributed by atoms with Crippen LogP contribution in [-0.4, -0.2) is 54.0 Å². The normalized spacial score (nSPS) is 10.9. The molecule has 0 heterocycles. The van der Waals surface area contributed by atoms with E-state index in [2.05, 4.69) is 15.6 Å². The molecule has 0 fully saturated rings. The zero-order valence-corrected chi connectivity index (χ0v) is 18.1. The van der Waals surface area contributed by atoms with E-state index in [0.717, 1.165) is 17.5 Å². The van der Waals surface area contributed by atoms with Crippen molar-refractivity contribution in [1.29, 1.82) is 0 Å². The Hall–Kier alpha value is -3.42. The molecule has 2 N–H and O–H groups in total. The molecule has 162 valence electrons.